The van der Waals surface area contributed by atoms with Gasteiger partial charge in [-0.05, 0) is 28.1 Å². The fourth-order valence-corrected chi connectivity index (χ4v) is 2.61. The summed E-state index contributed by atoms with van der Waals surface area (Å²) in [7, 11) is 3.58. The first-order chi connectivity index (χ1) is 8.61. The van der Waals surface area contributed by atoms with E-state index in [0.29, 0.717) is 11.6 Å². The van der Waals surface area contributed by atoms with E-state index < -0.39 is 0 Å². The van der Waals surface area contributed by atoms with Crippen LogP contribution < -0.4 is 10.1 Å². The Labute approximate surface area is 119 Å². The number of aryl methyl sites for hydroxylation is 1. The number of benzene rings is 1. The molecule has 96 valence electrons. The molecule has 0 unspecified atom stereocenters. The summed E-state index contributed by atoms with van der Waals surface area (Å²) >= 11 is 9.45. The van der Waals surface area contributed by atoms with E-state index in [2.05, 4.69) is 26.2 Å². The van der Waals surface area contributed by atoms with Crippen molar-refractivity contribution in [2.24, 2.45) is 7.05 Å². The van der Waals surface area contributed by atoms with Crippen molar-refractivity contribution in [1.29, 1.82) is 0 Å². The zero-order valence-electron chi connectivity index (χ0n) is 10.1. The molecular weight excluding hydrogens is 318 g/mol. The number of nitrogens with zero attached hydrogens (tertiary/aromatic N) is 2. The molecule has 0 radical (unpaired) electrons. The molecule has 0 atom stereocenters. The molecule has 0 spiro atoms. The Morgan fingerprint density at radius 1 is 1.50 bits per heavy atom. The summed E-state index contributed by atoms with van der Waals surface area (Å²) in [5.41, 5.74) is 1.92. The van der Waals surface area contributed by atoms with Crippen LogP contribution in [0.3, 0.4) is 0 Å². The predicted molar refractivity (Wildman–Crippen MR) is 76.2 cm³/mol. The van der Waals surface area contributed by atoms with Crippen LogP contribution in [0.25, 0.3) is 0 Å². The van der Waals surface area contributed by atoms with Crippen LogP contribution in [0.1, 0.15) is 5.69 Å². The topological polar surface area (TPSA) is 39.1 Å². The molecule has 0 aliphatic rings. The molecule has 1 N–H and O–H groups in total. The first-order valence-corrected chi connectivity index (χ1v) is 6.51. The van der Waals surface area contributed by atoms with Gasteiger partial charge < -0.3 is 14.6 Å². The van der Waals surface area contributed by atoms with Crippen LogP contribution in [-0.2, 0) is 13.6 Å². The molecule has 6 heteroatoms. The monoisotopic (exact) mass is 329 g/mol. The predicted octanol–water partition coefficient (Wildman–Crippen LogP) is 3.46. The van der Waals surface area contributed by atoms with Crippen molar-refractivity contribution in [2.75, 3.05) is 12.4 Å². The Balaban J connectivity index is 2.21. The number of halogens is 2. The van der Waals surface area contributed by atoms with Gasteiger partial charge in [-0.3, -0.25) is 0 Å². The van der Waals surface area contributed by atoms with E-state index >= 15 is 0 Å². The summed E-state index contributed by atoms with van der Waals surface area (Å²) in [6.45, 7) is 0.652. The highest BCUT2D eigenvalue weighted by molar-refractivity contribution is 9.10. The lowest BCUT2D eigenvalue weighted by atomic mass is 10.3. The Kier molecular flexibility index (Phi) is 4.14. The molecule has 0 saturated heterocycles. The van der Waals surface area contributed by atoms with Gasteiger partial charge >= 0.3 is 0 Å². The quantitative estimate of drug-likeness (QED) is 0.933. The van der Waals surface area contributed by atoms with Crippen molar-refractivity contribution >= 4 is 33.2 Å². The molecule has 2 rings (SSSR count). The van der Waals surface area contributed by atoms with Crippen molar-refractivity contribution < 1.29 is 4.74 Å². The third-order valence-electron chi connectivity index (χ3n) is 2.59. The van der Waals surface area contributed by atoms with E-state index in [9.17, 15) is 0 Å². The molecule has 2 aromatic rings. The smallest absolute Gasteiger partial charge is 0.156 e. The van der Waals surface area contributed by atoms with Crippen LogP contribution >= 0.6 is 27.5 Å². The molecule has 0 aliphatic carbocycles. The van der Waals surface area contributed by atoms with Crippen molar-refractivity contribution in [3.63, 3.8) is 0 Å². The fraction of sp³-hybridized carbons (Fsp3) is 0.250. The Hall–Kier alpha value is -1.20. The highest BCUT2D eigenvalue weighted by atomic mass is 79.9. The number of hydrogen-bond donors (Lipinski definition) is 1. The molecule has 18 heavy (non-hydrogen) atoms. The lowest BCUT2D eigenvalue weighted by molar-refractivity contribution is 0.414. The number of rotatable bonds is 4. The maximum atomic E-state index is 6.03. The number of hydrogen-bond acceptors (Lipinski definition) is 3. The van der Waals surface area contributed by atoms with Crippen LogP contribution in [-0.4, -0.2) is 16.7 Å². The summed E-state index contributed by atoms with van der Waals surface area (Å²) in [5.74, 6) is 0.738. The molecule has 4 nitrogen and oxygen atoms in total. The molecule has 1 aromatic carbocycles. The average Bonchev–Trinajstić information content (AvgIpc) is 2.71. The highest BCUT2D eigenvalue weighted by Crippen LogP contribution is 2.36. The normalized spacial score (nSPS) is 10.4. The summed E-state index contributed by atoms with van der Waals surface area (Å²) in [6.07, 6.45) is 3.58. The van der Waals surface area contributed by atoms with E-state index in [1.54, 1.807) is 19.5 Å². The minimum atomic E-state index is 0.648. The number of nitrogens with one attached hydrogen (secondary N) is 1. The zero-order valence-corrected chi connectivity index (χ0v) is 12.4. The lowest BCUT2D eigenvalue weighted by Gasteiger charge is -2.13. The van der Waals surface area contributed by atoms with Gasteiger partial charge in [0.1, 0.15) is 0 Å². The largest absolute Gasteiger partial charge is 0.493 e. The van der Waals surface area contributed by atoms with E-state index in [0.717, 1.165) is 21.6 Å². The van der Waals surface area contributed by atoms with E-state index in [1.165, 1.54) is 0 Å². The Bertz CT molecular complexity index is 556. The second-order valence-electron chi connectivity index (χ2n) is 3.82. The van der Waals surface area contributed by atoms with Gasteiger partial charge in [0, 0.05) is 18.3 Å². The fourth-order valence-electron chi connectivity index (χ4n) is 1.64. The molecule has 0 bridgehead atoms. The van der Waals surface area contributed by atoms with Crippen molar-refractivity contribution in [1.82, 2.24) is 9.55 Å². The van der Waals surface area contributed by atoms with Gasteiger partial charge in [0.05, 0.1) is 35.8 Å². The zero-order chi connectivity index (χ0) is 13.1. The molecule has 0 amide bonds. The van der Waals surface area contributed by atoms with E-state index in [4.69, 9.17) is 16.3 Å². The first-order valence-electron chi connectivity index (χ1n) is 5.34. The summed E-state index contributed by atoms with van der Waals surface area (Å²) in [6, 6.07) is 3.64. The number of imidazole rings is 1. The van der Waals surface area contributed by atoms with Crippen LogP contribution in [0.2, 0.25) is 5.02 Å². The first kappa shape index (κ1) is 13.2. The Morgan fingerprint density at radius 3 is 2.89 bits per heavy atom. The van der Waals surface area contributed by atoms with Crippen LogP contribution in [0.15, 0.2) is 29.1 Å². The van der Waals surface area contributed by atoms with Crippen molar-refractivity contribution in [3.8, 4) is 5.75 Å². The molecule has 0 fully saturated rings. The van der Waals surface area contributed by atoms with Crippen LogP contribution in [0.4, 0.5) is 5.69 Å². The molecule has 0 saturated carbocycles. The number of ether oxygens (including phenoxy) is 1. The van der Waals surface area contributed by atoms with Crippen molar-refractivity contribution in [2.45, 2.75) is 6.54 Å². The number of methoxy groups -OCH3 is 1. The SMILES string of the molecule is COc1c(Br)cc(Cl)cc1NCc1cncn1C. The minimum Gasteiger partial charge on any atom is -0.493 e. The average molecular weight is 331 g/mol. The standard InChI is InChI=1S/C12H13BrClN3O/c1-17-7-15-5-9(17)6-16-11-4-8(14)3-10(13)12(11)18-2/h3-5,7,16H,6H2,1-2H3. The van der Waals surface area contributed by atoms with Gasteiger partial charge in [0.25, 0.3) is 0 Å². The maximum absolute atomic E-state index is 6.03. The van der Waals surface area contributed by atoms with E-state index in [1.807, 2.05) is 23.9 Å². The maximum Gasteiger partial charge on any atom is 0.156 e. The Morgan fingerprint density at radius 2 is 2.28 bits per heavy atom. The minimum absolute atomic E-state index is 0.648. The molecular formula is C12H13BrClN3O. The number of aromatic nitrogens is 2. The molecule has 0 aliphatic heterocycles. The number of anilines is 1. The third kappa shape index (κ3) is 2.79. The summed E-state index contributed by atoms with van der Waals surface area (Å²) in [4.78, 5) is 4.07. The third-order valence-corrected chi connectivity index (χ3v) is 3.40. The van der Waals surface area contributed by atoms with Crippen molar-refractivity contribution in [3.05, 3.63) is 39.8 Å². The summed E-state index contributed by atoms with van der Waals surface area (Å²) in [5, 5.41) is 3.94. The second kappa shape index (κ2) is 5.63. The van der Waals surface area contributed by atoms with Gasteiger partial charge in [-0.1, -0.05) is 11.6 Å². The summed E-state index contributed by atoms with van der Waals surface area (Å²) < 4.78 is 8.12. The second-order valence-corrected chi connectivity index (χ2v) is 5.11. The highest BCUT2D eigenvalue weighted by Gasteiger charge is 2.09. The molecule has 1 aromatic heterocycles. The van der Waals surface area contributed by atoms with Gasteiger partial charge in [0.15, 0.2) is 5.75 Å². The van der Waals surface area contributed by atoms with Gasteiger partial charge in [0.2, 0.25) is 0 Å². The van der Waals surface area contributed by atoms with Gasteiger partial charge in [-0.2, -0.15) is 0 Å². The van der Waals surface area contributed by atoms with Gasteiger partial charge in [-0.25, -0.2) is 4.98 Å². The van der Waals surface area contributed by atoms with Gasteiger partial charge in [-0.15, -0.1) is 0 Å². The van der Waals surface area contributed by atoms with Crippen LogP contribution in [0.5, 0.6) is 5.75 Å². The van der Waals surface area contributed by atoms with E-state index in [-0.39, 0.29) is 0 Å². The van der Waals surface area contributed by atoms with Crippen LogP contribution in [0, 0.1) is 0 Å². The lowest BCUT2D eigenvalue weighted by Crippen LogP contribution is -2.05. The molecule has 1 heterocycles.